The number of rotatable bonds is 9. The van der Waals surface area contributed by atoms with Crippen molar-refractivity contribution in [3.05, 3.63) is 88.2 Å². The summed E-state index contributed by atoms with van der Waals surface area (Å²) in [7, 11) is 0. The van der Waals surface area contributed by atoms with Gasteiger partial charge in [0.2, 0.25) is 5.91 Å². The minimum Gasteiger partial charge on any atom is -0.455 e. The fourth-order valence-corrected chi connectivity index (χ4v) is 2.98. The molecule has 0 fully saturated rings. The maximum absolute atomic E-state index is 12.4. The molecule has 2 N–H and O–H groups in total. The van der Waals surface area contributed by atoms with Crippen molar-refractivity contribution in [3.8, 4) is 11.3 Å². The first-order valence-corrected chi connectivity index (χ1v) is 10.1. The molecule has 1 atom stereocenters. The Morgan fingerprint density at radius 2 is 1.85 bits per heavy atom. The summed E-state index contributed by atoms with van der Waals surface area (Å²) in [5.41, 5.74) is 3.82. The van der Waals surface area contributed by atoms with Crippen molar-refractivity contribution in [1.82, 2.24) is 10.7 Å². The number of non-ortho nitro benzene ring substituents is 1. The number of hydrogen-bond acceptors (Lipinski definition) is 7. The fourth-order valence-electron chi connectivity index (χ4n) is 2.98. The van der Waals surface area contributed by atoms with E-state index in [1.165, 1.54) is 18.3 Å². The molecule has 10 heteroatoms. The van der Waals surface area contributed by atoms with Gasteiger partial charge in [-0.15, -0.1) is 0 Å². The quantitative estimate of drug-likeness (QED) is 0.285. The molecule has 0 saturated carbocycles. The molecule has 1 aromatic heterocycles. The number of nitrogens with one attached hydrogen (secondary N) is 2. The van der Waals surface area contributed by atoms with Gasteiger partial charge in [-0.3, -0.25) is 14.9 Å². The van der Waals surface area contributed by atoms with Crippen LogP contribution in [0.5, 0.6) is 0 Å². The number of nitro benzene ring substituents is 1. The van der Waals surface area contributed by atoms with E-state index in [1.54, 1.807) is 43.3 Å². The number of nitro groups is 1. The van der Waals surface area contributed by atoms with Gasteiger partial charge < -0.3 is 14.5 Å². The summed E-state index contributed by atoms with van der Waals surface area (Å²) in [5, 5.41) is 17.3. The average molecular weight is 450 g/mol. The highest BCUT2D eigenvalue weighted by atomic mass is 16.6. The minimum atomic E-state index is -0.614. The first-order valence-electron chi connectivity index (χ1n) is 10.1. The summed E-state index contributed by atoms with van der Waals surface area (Å²) in [6.07, 6.45) is 0.673. The SMILES string of the molecule is CCOC(=O)N[C@@H](CC(=O)N/N=C\c1ccc(-c2ccc([N+](=O)[O-])cc2)o1)c1ccccc1. The average Bonchev–Trinajstić information content (AvgIpc) is 3.28. The van der Waals surface area contributed by atoms with Crippen molar-refractivity contribution >= 4 is 23.9 Å². The molecular formula is C23H22N4O6. The molecule has 0 unspecified atom stereocenters. The maximum Gasteiger partial charge on any atom is 0.407 e. The van der Waals surface area contributed by atoms with Crippen molar-refractivity contribution in [3.63, 3.8) is 0 Å². The molecular weight excluding hydrogens is 428 g/mol. The molecule has 3 aromatic rings. The lowest BCUT2D eigenvalue weighted by molar-refractivity contribution is -0.384. The van der Waals surface area contributed by atoms with E-state index in [-0.39, 0.29) is 18.7 Å². The van der Waals surface area contributed by atoms with Gasteiger partial charge in [0, 0.05) is 17.7 Å². The number of nitrogens with zero attached hydrogens (tertiary/aromatic N) is 2. The molecule has 2 aromatic carbocycles. The molecule has 0 aliphatic heterocycles. The molecule has 0 saturated heterocycles. The van der Waals surface area contributed by atoms with Crippen molar-refractivity contribution in [2.45, 2.75) is 19.4 Å². The highest BCUT2D eigenvalue weighted by molar-refractivity contribution is 5.82. The van der Waals surface area contributed by atoms with Crippen LogP contribution in [0.3, 0.4) is 0 Å². The van der Waals surface area contributed by atoms with Gasteiger partial charge in [0.25, 0.3) is 5.69 Å². The van der Waals surface area contributed by atoms with Crippen molar-refractivity contribution in [2.75, 3.05) is 6.61 Å². The normalized spacial score (nSPS) is 11.7. The second kappa shape index (κ2) is 11.2. The Bertz CT molecular complexity index is 1130. The monoisotopic (exact) mass is 450 g/mol. The Morgan fingerprint density at radius 1 is 1.12 bits per heavy atom. The highest BCUT2D eigenvalue weighted by Gasteiger charge is 2.18. The third kappa shape index (κ3) is 6.76. The van der Waals surface area contributed by atoms with Gasteiger partial charge in [-0.05, 0) is 36.8 Å². The fraction of sp³-hybridized carbons (Fsp3) is 0.174. The van der Waals surface area contributed by atoms with Crippen LogP contribution in [0.25, 0.3) is 11.3 Å². The number of carbonyl (C=O) groups excluding carboxylic acids is 2. The van der Waals surface area contributed by atoms with Crippen LogP contribution in [0.1, 0.15) is 30.7 Å². The Kier molecular flexibility index (Phi) is 7.90. The molecule has 170 valence electrons. The summed E-state index contributed by atoms with van der Waals surface area (Å²) >= 11 is 0. The number of alkyl carbamates (subject to hydrolysis) is 1. The summed E-state index contributed by atoms with van der Waals surface area (Å²) in [6.45, 7) is 1.91. The van der Waals surface area contributed by atoms with E-state index in [0.717, 1.165) is 5.56 Å². The second-order valence-electron chi connectivity index (χ2n) is 6.83. The van der Waals surface area contributed by atoms with Gasteiger partial charge in [-0.1, -0.05) is 30.3 Å². The summed E-state index contributed by atoms with van der Waals surface area (Å²) in [5.74, 6) is 0.465. The van der Waals surface area contributed by atoms with Crippen LogP contribution >= 0.6 is 0 Å². The van der Waals surface area contributed by atoms with E-state index in [0.29, 0.717) is 17.1 Å². The lowest BCUT2D eigenvalue weighted by Gasteiger charge is -2.17. The maximum atomic E-state index is 12.4. The van der Waals surface area contributed by atoms with E-state index in [2.05, 4.69) is 15.8 Å². The molecule has 2 amide bonds. The van der Waals surface area contributed by atoms with E-state index in [9.17, 15) is 19.7 Å². The summed E-state index contributed by atoms with van der Waals surface area (Å²) in [4.78, 5) is 34.5. The number of carbonyl (C=O) groups is 2. The number of amides is 2. The van der Waals surface area contributed by atoms with Crippen LogP contribution in [0.15, 0.2) is 76.2 Å². The van der Waals surface area contributed by atoms with E-state index in [1.807, 2.05) is 18.2 Å². The van der Waals surface area contributed by atoms with Gasteiger partial charge in [-0.25, -0.2) is 10.2 Å². The molecule has 33 heavy (non-hydrogen) atoms. The highest BCUT2D eigenvalue weighted by Crippen LogP contribution is 2.24. The Balaban J connectivity index is 1.59. The predicted molar refractivity (Wildman–Crippen MR) is 120 cm³/mol. The van der Waals surface area contributed by atoms with Crippen LogP contribution < -0.4 is 10.7 Å². The number of ether oxygens (including phenoxy) is 1. The van der Waals surface area contributed by atoms with Crippen LogP contribution in [0.2, 0.25) is 0 Å². The Hall–Kier alpha value is -4.47. The molecule has 10 nitrogen and oxygen atoms in total. The molecule has 0 aliphatic rings. The second-order valence-corrected chi connectivity index (χ2v) is 6.83. The van der Waals surface area contributed by atoms with Gasteiger partial charge in [0.15, 0.2) is 0 Å². The van der Waals surface area contributed by atoms with Crippen LogP contribution in [-0.2, 0) is 9.53 Å². The van der Waals surface area contributed by atoms with Gasteiger partial charge >= 0.3 is 6.09 Å². The third-order valence-corrected chi connectivity index (χ3v) is 4.53. The van der Waals surface area contributed by atoms with E-state index < -0.39 is 23.0 Å². The molecule has 1 heterocycles. The van der Waals surface area contributed by atoms with Gasteiger partial charge in [0.05, 0.1) is 30.2 Å². The molecule has 0 bridgehead atoms. The summed E-state index contributed by atoms with van der Waals surface area (Å²) in [6, 6.07) is 17.8. The van der Waals surface area contributed by atoms with Gasteiger partial charge in [-0.2, -0.15) is 5.10 Å². The lowest BCUT2D eigenvalue weighted by atomic mass is 10.0. The van der Waals surface area contributed by atoms with Crippen molar-refractivity contribution in [2.24, 2.45) is 5.10 Å². The van der Waals surface area contributed by atoms with E-state index in [4.69, 9.17) is 9.15 Å². The van der Waals surface area contributed by atoms with Crippen LogP contribution in [0.4, 0.5) is 10.5 Å². The topological polar surface area (TPSA) is 136 Å². The van der Waals surface area contributed by atoms with Crippen LogP contribution in [0, 0.1) is 10.1 Å². The van der Waals surface area contributed by atoms with E-state index >= 15 is 0 Å². The standard InChI is InChI=1S/C23H22N4O6/c1-2-32-23(29)25-20(16-6-4-3-5-7-16)14-22(28)26-24-15-19-12-13-21(33-19)17-8-10-18(11-9-17)27(30)31/h3-13,15,20H,2,14H2,1H3,(H,25,29)(H,26,28)/b24-15-/t20-/m0/s1. The third-order valence-electron chi connectivity index (χ3n) is 4.53. The Labute approximate surface area is 189 Å². The number of furan rings is 1. The zero-order valence-corrected chi connectivity index (χ0v) is 17.8. The lowest BCUT2D eigenvalue weighted by Crippen LogP contribution is -2.33. The zero-order chi connectivity index (χ0) is 23.6. The summed E-state index contributed by atoms with van der Waals surface area (Å²) < 4.78 is 10.6. The van der Waals surface area contributed by atoms with Gasteiger partial charge in [0.1, 0.15) is 11.5 Å². The first-order chi connectivity index (χ1) is 16.0. The number of benzene rings is 2. The number of hydrazone groups is 1. The molecule has 3 rings (SSSR count). The predicted octanol–water partition coefficient (Wildman–Crippen LogP) is 4.18. The van der Waals surface area contributed by atoms with Crippen molar-refractivity contribution < 1.29 is 23.7 Å². The first kappa shape index (κ1) is 23.2. The molecule has 0 aliphatic carbocycles. The largest absolute Gasteiger partial charge is 0.455 e. The number of hydrogen-bond donors (Lipinski definition) is 2. The Morgan fingerprint density at radius 3 is 2.52 bits per heavy atom. The molecule has 0 radical (unpaired) electrons. The molecule has 0 spiro atoms. The zero-order valence-electron chi connectivity index (χ0n) is 17.8. The smallest absolute Gasteiger partial charge is 0.407 e. The minimum absolute atomic E-state index is 0.0129. The van der Waals surface area contributed by atoms with Crippen LogP contribution in [-0.4, -0.2) is 29.7 Å². The van der Waals surface area contributed by atoms with Crippen molar-refractivity contribution in [1.29, 1.82) is 0 Å².